The summed E-state index contributed by atoms with van der Waals surface area (Å²) in [6, 6.07) is 8.53. The van der Waals surface area contributed by atoms with Crippen molar-refractivity contribution in [3.8, 4) is 0 Å². The summed E-state index contributed by atoms with van der Waals surface area (Å²) < 4.78 is 17.2. The van der Waals surface area contributed by atoms with Crippen molar-refractivity contribution in [1.82, 2.24) is 10.6 Å². The first kappa shape index (κ1) is 23.6. The summed E-state index contributed by atoms with van der Waals surface area (Å²) >= 11 is 0. The lowest BCUT2D eigenvalue weighted by molar-refractivity contribution is -0.0390. The molecule has 0 amide bonds. The Hall–Kier alpha value is -1.63. The van der Waals surface area contributed by atoms with Gasteiger partial charge in [0.15, 0.2) is 5.96 Å². The summed E-state index contributed by atoms with van der Waals surface area (Å²) in [7, 11) is 1.80. The Labute approximate surface area is 176 Å². The van der Waals surface area contributed by atoms with Crippen molar-refractivity contribution in [2.75, 3.05) is 33.4 Å². The maximum absolute atomic E-state index is 6.04. The first-order valence-electron chi connectivity index (χ1n) is 11.0. The molecule has 1 fully saturated rings. The van der Waals surface area contributed by atoms with E-state index in [9.17, 15) is 0 Å². The second kappa shape index (κ2) is 13.6. The van der Waals surface area contributed by atoms with E-state index in [1.165, 1.54) is 11.1 Å². The van der Waals surface area contributed by atoms with Crippen molar-refractivity contribution < 1.29 is 14.2 Å². The average molecular weight is 406 g/mol. The highest BCUT2D eigenvalue weighted by atomic mass is 16.5. The van der Waals surface area contributed by atoms with Gasteiger partial charge >= 0.3 is 0 Å². The second-order valence-corrected chi connectivity index (χ2v) is 7.82. The van der Waals surface area contributed by atoms with Crippen molar-refractivity contribution in [2.24, 2.45) is 10.9 Å². The molecule has 6 nitrogen and oxygen atoms in total. The molecule has 29 heavy (non-hydrogen) atoms. The van der Waals surface area contributed by atoms with Gasteiger partial charge in [0.1, 0.15) is 0 Å². The van der Waals surface area contributed by atoms with Crippen LogP contribution in [0.4, 0.5) is 0 Å². The lowest BCUT2D eigenvalue weighted by Crippen LogP contribution is -2.38. The van der Waals surface area contributed by atoms with Gasteiger partial charge in [0.05, 0.1) is 18.8 Å². The van der Waals surface area contributed by atoms with Gasteiger partial charge in [-0.05, 0) is 43.2 Å². The van der Waals surface area contributed by atoms with Crippen molar-refractivity contribution in [1.29, 1.82) is 0 Å². The number of benzene rings is 1. The Balaban J connectivity index is 1.74. The Morgan fingerprint density at radius 2 is 1.97 bits per heavy atom. The van der Waals surface area contributed by atoms with Crippen LogP contribution in [0, 0.1) is 5.92 Å². The molecule has 2 rings (SSSR count). The molecule has 1 saturated heterocycles. The molecule has 1 aromatic rings. The summed E-state index contributed by atoms with van der Waals surface area (Å²) in [6.07, 6.45) is 3.54. The van der Waals surface area contributed by atoms with Crippen LogP contribution < -0.4 is 10.6 Å². The number of hydrogen-bond acceptors (Lipinski definition) is 4. The van der Waals surface area contributed by atoms with Crippen molar-refractivity contribution in [2.45, 2.75) is 65.4 Å². The monoisotopic (exact) mass is 405 g/mol. The van der Waals surface area contributed by atoms with E-state index in [2.05, 4.69) is 53.7 Å². The number of ether oxygens (including phenoxy) is 3. The Morgan fingerprint density at radius 1 is 1.21 bits per heavy atom. The first-order chi connectivity index (χ1) is 14.1. The fraction of sp³-hybridized carbons (Fsp3) is 0.696. The van der Waals surface area contributed by atoms with Gasteiger partial charge in [-0.1, -0.05) is 38.1 Å². The van der Waals surface area contributed by atoms with Gasteiger partial charge in [-0.2, -0.15) is 0 Å². The minimum absolute atomic E-state index is 0.276. The number of nitrogens with one attached hydrogen (secondary N) is 2. The standard InChI is InChI=1S/C23H39N3O3/c1-5-28-22(18(2)3)9-12-25-23(24-4)26-16-19-7-6-8-20(15-19)17-29-21-10-13-27-14-11-21/h6-8,15,18,21-22H,5,9-14,16-17H2,1-4H3,(H2,24,25,26). The highest BCUT2D eigenvalue weighted by Crippen LogP contribution is 2.14. The highest BCUT2D eigenvalue weighted by molar-refractivity contribution is 5.79. The molecule has 1 aliphatic heterocycles. The lowest BCUT2D eigenvalue weighted by atomic mass is 10.0. The van der Waals surface area contributed by atoms with Crippen LogP contribution in [0.5, 0.6) is 0 Å². The minimum atomic E-state index is 0.276. The Morgan fingerprint density at radius 3 is 2.66 bits per heavy atom. The number of hydrogen-bond donors (Lipinski definition) is 2. The second-order valence-electron chi connectivity index (χ2n) is 7.82. The van der Waals surface area contributed by atoms with Crippen LogP contribution in [0.1, 0.15) is 51.2 Å². The molecule has 1 unspecified atom stereocenters. The number of rotatable bonds is 11. The zero-order chi connectivity index (χ0) is 20.9. The quantitative estimate of drug-likeness (QED) is 0.436. The molecule has 0 bridgehead atoms. The maximum atomic E-state index is 6.04. The summed E-state index contributed by atoms with van der Waals surface area (Å²) in [4.78, 5) is 4.33. The molecule has 2 N–H and O–H groups in total. The molecule has 1 atom stereocenters. The van der Waals surface area contributed by atoms with E-state index in [0.29, 0.717) is 18.6 Å². The van der Waals surface area contributed by atoms with Crippen LogP contribution in [0.2, 0.25) is 0 Å². The van der Waals surface area contributed by atoms with Gasteiger partial charge in [0.2, 0.25) is 0 Å². The summed E-state index contributed by atoms with van der Waals surface area (Å²) in [5, 5.41) is 6.78. The Kier molecular flexibility index (Phi) is 11.1. The zero-order valence-corrected chi connectivity index (χ0v) is 18.6. The van der Waals surface area contributed by atoms with Crippen molar-refractivity contribution in [3.05, 3.63) is 35.4 Å². The van der Waals surface area contributed by atoms with E-state index in [1.807, 2.05) is 6.92 Å². The van der Waals surface area contributed by atoms with Crippen LogP contribution in [-0.2, 0) is 27.4 Å². The molecule has 0 aliphatic carbocycles. The third-order valence-electron chi connectivity index (χ3n) is 5.17. The van der Waals surface area contributed by atoms with Gasteiger partial charge < -0.3 is 24.8 Å². The predicted molar refractivity (Wildman–Crippen MR) is 118 cm³/mol. The fourth-order valence-corrected chi connectivity index (χ4v) is 3.45. The van der Waals surface area contributed by atoms with Crippen LogP contribution in [0.3, 0.4) is 0 Å². The smallest absolute Gasteiger partial charge is 0.191 e. The van der Waals surface area contributed by atoms with Gasteiger partial charge in [0.25, 0.3) is 0 Å². The van der Waals surface area contributed by atoms with Gasteiger partial charge in [-0.15, -0.1) is 0 Å². The van der Waals surface area contributed by atoms with Crippen LogP contribution in [0.15, 0.2) is 29.3 Å². The average Bonchev–Trinajstić information content (AvgIpc) is 2.74. The third kappa shape index (κ3) is 9.15. The molecule has 164 valence electrons. The molecule has 0 radical (unpaired) electrons. The summed E-state index contributed by atoms with van der Waals surface area (Å²) in [6.45, 7) is 11.0. The summed E-state index contributed by atoms with van der Waals surface area (Å²) in [5.41, 5.74) is 2.42. The molecule has 1 aromatic carbocycles. The molecule has 0 aromatic heterocycles. The number of aliphatic imine (C=N–C) groups is 1. The first-order valence-corrected chi connectivity index (χ1v) is 11.0. The largest absolute Gasteiger partial charge is 0.381 e. The molecule has 6 heteroatoms. The van der Waals surface area contributed by atoms with E-state index in [4.69, 9.17) is 14.2 Å². The zero-order valence-electron chi connectivity index (χ0n) is 18.6. The highest BCUT2D eigenvalue weighted by Gasteiger charge is 2.14. The Bertz CT molecular complexity index is 601. The van der Waals surface area contributed by atoms with Crippen LogP contribution in [-0.4, -0.2) is 51.6 Å². The molecular formula is C23H39N3O3. The number of nitrogens with zero attached hydrogens (tertiary/aromatic N) is 1. The van der Waals surface area contributed by atoms with Gasteiger partial charge in [-0.25, -0.2) is 0 Å². The minimum Gasteiger partial charge on any atom is -0.381 e. The van der Waals surface area contributed by atoms with E-state index in [1.54, 1.807) is 7.05 Å². The molecule has 0 spiro atoms. The number of guanidine groups is 1. The lowest BCUT2D eigenvalue weighted by Gasteiger charge is -2.22. The normalized spacial score (nSPS) is 16.8. The molecule has 0 saturated carbocycles. The van der Waals surface area contributed by atoms with Crippen LogP contribution in [0.25, 0.3) is 0 Å². The topological polar surface area (TPSA) is 64.1 Å². The van der Waals surface area contributed by atoms with Gasteiger partial charge in [-0.3, -0.25) is 4.99 Å². The van der Waals surface area contributed by atoms with E-state index >= 15 is 0 Å². The molecular weight excluding hydrogens is 366 g/mol. The van der Waals surface area contributed by atoms with E-state index in [-0.39, 0.29) is 6.10 Å². The maximum Gasteiger partial charge on any atom is 0.191 e. The van der Waals surface area contributed by atoms with Crippen molar-refractivity contribution >= 4 is 5.96 Å². The SMILES string of the molecule is CCOC(CCNC(=NC)NCc1cccc(COC2CCOCC2)c1)C(C)C. The summed E-state index contributed by atoms with van der Waals surface area (Å²) in [5.74, 6) is 1.32. The van der Waals surface area contributed by atoms with Crippen LogP contribution >= 0.6 is 0 Å². The third-order valence-corrected chi connectivity index (χ3v) is 5.17. The predicted octanol–water partition coefficient (Wildman–Crippen LogP) is 3.50. The molecule has 1 aliphatic rings. The van der Waals surface area contributed by atoms with E-state index in [0.717, 1.165) is 58.1 Å². The van der Waals surface area contributed by atoms with E-state index < -0.39 is 0 Å². The molecule has 1 heterocycles. The fourth-order valence-electron chi connectivity index (χ4n) is 3.45. The van der Waals surface area contributed by atoms with Gasteiger partial charge in [0, 0.05) is 40.0 Å². The van der Waals surface area contributed by atoms with Crippen molar-refractivity contribution in [3.63, 3.8) is 0 Å².